The molecule has 0 bridgehead atoms. The minimum atomic E-state index is -0.458. The van der Waals surface area contributed by atoms with Crippen molar-refractivity contribution in [3.63, 3.8) is 0 Å². The quantitative estimate of drug-likeness (QED) is 0.230. The summed E-state index contributed by atoms with van der Waals surface area (Å²) in [4.78, 5) is 16.2. The van der Waals surface area contributed by atoms with Crippen LogP contribution in [0, 0.1) is 5.41 Å². The molecule has 0 fully saturated rings. The van der Waals surface area contributed by atoms with Crippen LogP contribution in [-0.4, -0.2) is 36.9 Å². The Morgan fingerprint density at radius 3 is 2.33 bits per heavy atom. The number of carbonyl (C=O) groups is 1. The van der Waals surface area contributed by atoms with Gasteiger partial charge in [-0.2, -0.15) is 0 Å². The van der Waals surface area contributed by atoms with Crippen molar-refractivity contribution in [3.05, 3.63) is 29.8 Å². The number of methoxy groups -OCH3 is 2. The normalized spacial score (nSPS) is 12.0. The zero-order valence-electron chi connectivity index (χ0n) is 12.7. The Kier molecular flexibility index (Phi) is 6.94. The Bertz CT molecular complexity index is 497. The standard InChI is InChI=1S/C15H20INO4/c1-15(2,10-16)14(17-21-9-13(18)20-4)11-5-7-12(19-3)8-6-11/h5-8H,9-10H2,1-4H3/b17-14+. The molecule has 0 saturated carbocycles. The van der Waals surface area contributed by atoms with Crippen LogP contribution in [0.5, 0.6) is 5.75 Å². The van der Waals surface area contributed by atoms with Crippen LogP contribution in [-0.2, 0) is 14.4 Å². The molecule has 0 atom stereocenters. The number of carbonyl (C=O) groups excluding carboxylic acids is 1. The maximum absolute atomic E-state index is 11.1. The summed E-state index contributed by atoms with van der Waals surface area (Å²) < 4.78 is 10.5. The first-order valence-corrected chi connectivity index (χ1v) is 7.95. The number of ether oxygens (including phenoxy) is 2. The molecule has 6 heteroatoms. The van der Waals surface area contributed by atoms with E-state index in [-0.39, 0.29) is 12.0 Å². The predicted octanol–water partition coefficient (Wildman–Crippen LogP) is 3.05. The fourth-order valence-corrected chi connectivity index (χ4v) is 1.95. The topological polar surface area (TPSA) is 57.1 Å². The average molecular weight is 405 g/mol. The lowest BCUT2D eigenvalue weighted by atomic mass is 9.85. The fourth-order valence-electron chi connectivity index (χ4n) is 1.59. The maximum atomic E-state index is 11.1. The third-order valence-electron chi connectivity index (χ3n) is 2.90. The molecule has 0 aliphatic rings. The largest absolute Gasteiger partial charge is 0.497 e. The van der Waals surface area contributed by atoms with E-state index in [1.807, 2.05) is 24.3 Å². The highest BCUT2D eigenvalue weighted by Gasteiger charge is 2.26. The van der Waals surface area contributed by atoms with Gasteiger partial charge < -0.3 is 14.3 Å². The van der Waals surface area contributed by atoms with Gasteiger partial charge in [0.25, 0.3) is 0 Å². The van der Waals surface area contributed by atoms with E-state index in [0.717, 1.165) is 21.5 Å². The van der Waals surface area contributed by atoms with Gasteiger partial charge in [-0.15, -0.1) is 0 Å². The van der Waals surface area contributed by atoms with Gasteiger partial charge in [0.1, 0.15) is 5.75 Å². The van der Waals surface area contributed by atoms with E-state index < -0.39 is 5.97 Å². The molecule has 1 rings (SSSR count). The van der Waals surface area contributed by atoms with Gasteiger partial charge >= 0.3 is 5.97 Å². The van der Waals surface area contributed by atoms with Crippen molar-refractivity contribution in [2.45, 2.75) is 13.8 Å². The summed E-state index contributed by atoms with van der Waals surface area (Å²) in [6.07, 6.45) is 0. The van der Waals surface area contributed by atoms with Crippen LogP contribution in [0.4, 0.5) is 0 Å². The third kappa shape index (κ3) is 5.18. The number of hydrogen-bond acceptors (Lipinski definition) is 5. The van der Waals surface area contributed by atoms with Crippen LogP contribution in [0.15, 0.2) is 29.4 Å². The minimum absolute atomic E-state index is 0.189. The Hall–Kier alpha value is -1.31. The highest BCUT2D eigenvalue weighted by Crippen LogP contribution is 2.26. The lowest BCUT2D eigenvalue weighted by Gasteiger charge is -2.24. The average Bonchev–Trinajstić information content (AvgIpc) is 2.51. The Labute approximate surface area is 138 Å². The van der Waals surface area contributed by atoms with Gasteiger partial charge in [0.15, 0.2) is 0 Å². The van der Waals surface area contributed by atoms with Gasteiger partial charge in [0.2, 0.25) is 6.61 Å². The van der Waals surface area contributed by atoms with E-state index in [2.05, 4.69) is 46.3 Å². The highest BCUT2D eigenvalue weighted by atomic mass is 127. The zero-order valence-corrected chi connectivity index (χ0v) is 14.8. The zero-order chi connectivity index (χ0) is 15.9. The van der Waals surface area contributed by atoms with Crippen molar-refractivity contribution < 1.29 is 19.1 Å². The molecule has 0 N–H and O–H groups in total. The number of nitrogens with zero attached hydrogens (tertiary/aromatic N) is 1. The van der Waals surface area contributed by atoms with E-state index in [1.54, 1.807) is 7.11 Å². The molecule has 0 aliphatic carbocycles. The van der Waals surface area contributed by atoms with Crippen molar-refractivity contribution in [1.29, 1.82) is 0 Å². The summed E-state index contributed by atoms with van der Waals surface area (Å²) >= 11 is 2.31. The van der Waals surface area contributed by atoms with E-state index >= 15 is 0 Å². The monoisotopic (exact) mass is 405 g/mol. The number of benzene rings is 1. The van der Waals surface area contributed by atoms with Gasteiger partial charge in [-0.1, -0.05) is 41.6 Å². The molecule has 116 valence electrons. The molecule has 0 aromatic heterocycles. The van der Waals surface area contributed by atoms with Crippen molar-refractivity contribution in [3.8, 4) is 5.75 Å². The summed E-state index contributed by atoms with van der Waals surface area (Å²) in [5, 5.41) is 4.15. The first-order valence-electron chi connectivity index (χ1n) is 6.42. The first kappa shape index (κ1) is 17.7. The number of halogens is 1. The smallest absolute Gasteiger partial charge is 0.346 e. The van der Waals surface area contributed by atoms with Gasteiger partial charge in [-0.05, 0) is 24.3 Å². The number of alkyl halides is 1. The fraction of sp³-hybridized carbons (Fsp3) is 0.467. The second kappa shape index (κ2) is 8.21. The van der Waals surface area contributed by atoms with Gasteiger partial charge in [-0.3, -0.25) is 0 Å². The lowest BCUT2D eigenvalue weighted by Crippen LogP contribution is -2.27. The summed E-state index contributed by atoms with van der Waals surface area (Å²) in [7, 11) is 2.94. The van der Waals surface area contributed by atoms with Crippen molar-refractivity contribution in [2.24, 2.45) is 10.6 Å². The molecule has 0 saturated heterocycles. The van der Waals surface area contributed by atoms with Crippen molar-refractivity contribution in [2.75, 3.05) is 25.3 Å². The summed E-state index contributed by atoms with van der Waals surface area (Å²) in [5.74, 6) is 0.320. The molecule has 1 aromatic rings. The minimum Gasteiger partial charge on any atom is -0.497 e. The third-order valence-corrected chi connectivity index (χ3v) is 4.81. The van der Waals surface area contributed by atoms with Crippen molar-refractivity contribution >= 4 is 34.3 Å². The maximum Gasteiger partial charge on any atom is 0.346 e. The molecule has 0 unspecified atom stereocenters. The predicted molar refractivity (Wildman–Crippen MR) is 90.2 cm³/mol. The number of esters is 1. The molecular weight excluding hydrogens is 385 g/mol. The van der Waals surface area contributed by atoms with Crippen molar-refractivity contribution in [1.82, 2.24) is 0 Å². The second-order valence-electron chi connectivity index (χ2n) is 5.04. The molecule has 5 nitrogen and oxygen atoms in total. The van der Waals surface area contributed by atoms with Crippen LogP contribution in [0.25, 0.3) is 0 Å². The molecule has 0 aliphatic heterocycles. The molecule has 21 heavy (non-hydrogen) atoms. The number of rotatable bonds is 7. The van der Waals surface area contributed by atoms with Gasteiger partial charge in [0.05, 0.1) is 19.9 Å². The van der Waals surface area contributed by atoms with Crippen LogP contribution in [0.3, 0.4) is 0 Å². The molecular formula is C15H20INO4. The van der Waals surface area contributed by atoms with Crippen LogP contribution < -0.4 is 4.74 Å². The van der Waals surface area contributed by atoms with Gasteiger partial charge in [-0.25, -0.2) is 4.79 Å². The molecule has 0 heterocycles. The lowest BCUT2D eigenvalue weighted by molar-refractivity contribution is -0.145. The summed E-state index contributed by atoms with van der Waals surface area (Å²) in [6.45, 7) is 3.95. The molecule has 0 spiro atoms. The highest BCUT2D eigenvalue weighted by molar-refractivity contribution is 14.1. The Balaban J connectivity index is 3.01. The number of oxime groups is 1. The Morgan fingerprint density at radius 1 is 1.24 bits per heavy atom. The van der Waals surface area contributed by atoms with E-state index in [9.17, 15) is 4.79 Å². The summed E-state index contributed by atoms with van der Waals surface area (Å²) in [5.41, 5.74) is 1.52. The van der Waals surface area contributed by atoms with E-state index in [4.69, 9.17) is 9.57 Å². The van der Waals surface area contributed by atoms with Gasteiger partial charge in [0, 0.05) is 15.4 Å². The Morgan fingerprint density at radius 2 is 1.86 bits per heavy atom. The van der Waals surface area contributed by atoms with Crippen LogP contribution in [0.1, 0.15) is 19.4 Å². The SMILES string of the molecule is COC(=O)CO/N=C(\c1ccc(OC)cc1)C(C)(C)CI. The second-order valence-corrected chi connectivity index (χ2v) is 5.80. The molecule has 0 amide bonds. The van der Waals surface area contributed by atoms with E-state index in [0.29, 0.717) is 0 Å². The molecule has 0 radical (unpaired) electrons. The summed E-state index contributed by atoms with van der Waals surface area (Å²) in [6, 6.07) is 7.59. The number of hydrogen-bond donors (Lipinski definition) is 0. The first-order chi connectivity index (χ1) is 9.94. The van der Waals surface area contributed by atoms with E-state index in [1.165, 1.54) is 7.11 Å². The molecule has 1 aromatic carbocycles. The van der Waals surface area contributed by atoms with Crippen LogP contribution in [0.2, 0.25) is 0 Å². The van der Waals surface area contributed by atoms with Crippen LogP contribution >= 0.6 is 22.6 Å².